The number of rotatable bonds is 5. The number of hydrogen-bond donors (Lipinski definition) is 1. The second-order valence-corrected chi connectivity index (χ2v) is 7.60. The van der Waals surface area contributed by atoms with Crippen LogP contribution >= 0.6 is 0 Å². The summed E-state index contributed by atoms with van der Waals surface area (Å²) in [7, 11) is 0. The molecule has 0 radical (unpaired) electrons. The number of aromatic nitrogens is 2. The lowest BCUT2D eigenvalue weighted by atomic mass is 10.0. The van der Waals surface area contributed by atoms with E-state index in [1.165, 1.54) is 0 Å². The maximum absolute atomic E-state index is 13.0. The first-order chi connectivity index (χ1) is 15.2. The van der Waals surface area contributed by atoms with Gasteiger partial charge in [0, 0.05) is 22.3 Å². The maximum atomic E-state index is 13.0. The zero-order valence-electron chi connectivity index (χ0n) is 16.9. The molecule has 1 aliphatic carbocycles. The Morgan fingerprint density at radius 3 is 2.06 bits per heavy atom. The summed E-state index contributed by atoms with van der Waals surface area (Å²) in [4.78, 5) is 25.6. The van der Waals surface area contributed by atoms with Crippen LogP contribution in [-0.4, -0.2) is 21.5 Å². The molecular weight excluding hydrogens is 386 g/mol. The molecule has 0 aliphatic heterocycles. The normalized spacial score (nSPS) is 12.4. The van der Waals surface area contributed by atoms with Gasteiger partial charge in [0.05, 0.1) is 11.4 Å². The van der Waals surface area contributed by atoms with Gasteiger partial charge in [0.2, 0.25) is 0 Å². The van der Waals surface area contributed by atoms with Gasteiger partial charge in [-0.1, -0.05) is 60.7 Å². The number of nitrogens with one attached hydrogen (secondary N) is 1. The largest absolute Gasteiger partial charge is 0.306 e. The molecule has 0 atom stereocenters. The molecular formula is C26H21N3O2. The molecule has 0 spiro atoms. The van der Waals surface area contributed by atoms with Gasteiger partial charge in [0.1, 0.15) is 5.82 Å². The Balaban J connectivity index is 1.40. The highest BCUT2D eigenvalue weighted by atomic mass is 16.1. The molecule has 3 aromatic carbocycles. The van der Waals surface area contributed by atoms with Gasteiger partial charge in [0.25, 0.3) is 5.91 Å². The Hall–Kier alpha value is -3.99. The van der Waals surface area contributed by atoms with Gasteiger partial charge in [0.15, 0.2) is 5.78 Å². The molecule has 1 aromatic heterocycles. The molecule has 1 aliphatic rings. The number of nitrogens with zero attached hydrogens (tertiary/aromatic N) is 2. The van der Waals surface area contributed by atoms with Gasteiger partial charge in [-0.2, -0.15) is 5.10 Å². The standard InChI is InChI=1S/C26H21N3O2/c30-24(18-8-3-1-4-9-18)19-14-16-20(17-15-19)26(31)27-25-22-12-7-13-23(22)28-29(25)21-10-5-2-6-11-21/h1-6,8-11,14-17H,7,12-13H2,(H,27,31). The number of carbonyl (C=O) groups excluding carboxylic acids is 2. The number of amides is 1. The van der Waals surface area contributed by atoms with Crippen molar-refractivity contribution in [2.24, 2.45) is 0 Å². The minimum atomic E-state index is -0.217. The highest BCUT2D eigenvalue weighted by Gasteiger charge is 2.24. The first kappa shape index (κ1) is 19.0. The fraction of sp³-hybridized carbons (Fsp3) is 0.115. The van der Waals surface area contributed by atoms with Crippen LogP contribution < -0.4 is 5.32 Å². The van der Waals surface area contributed by atoms with Crippen molar-refractivity contribution in [2.75, 3.05) is 5.32 Å². The molecule has 0 bridgehead atoms. The number of fused-ring (bicyclic) bond motifs is 1. The van der Waals surface area contributed by atoms with Crippen molar-refractivity contribution in [3.63, 3.8) is 0 Å². The highest BCUT2D eigenvalue weighted by Crippen LogP contribution is 2.31. The lowest BCUT2D eigenvalue weighted by Gasteiger charge is -2.11. The Labute approximate surface area is 180 Å². The van der Waals surface area contributed by atoms with E-state index < -0.39 is 0 Å². The third-order valence-electron chi connectivity index (χ3n) is 5.59. The predicted octanol–water partition coefficient (Wildman–Crippen LogP) is 4.84. The molecule has 5 nitrogen and oxygen atoms in total. The summed E-state index contributed by atoms with van der Waals surface area (Å²) < 4.78 is 1.81. The quantitative estimate of drug-likeness (QED) is 0.481. The van der Waals surface area contributed by atoms with Crippen LogP contribution in [0.1, 0.15) is 44.0 Å². The average molecular weight is 407 g/mol. The van der Waals surface area contributed by atoms with Gasteiger partial charge in [-0.05, 0) is 43.5 Å². The number of carbonyl (C=O) groups is 2. The van der Waals surface area contributed by atoms with E-state index in [4.69, 9.17) is 5.10 Å². The molecule has 1 N–H and O–H groups in total. The second-order valence-electron chi connectivity index (χ2n) is 7.60. The van der Waals surface area contributed by atoms with Gasteiger partial charge in [-0.15, -0.1) is 0 Å². The molecule has 0 unspecified atom stereocenters. The number of benzene rings is 3. The SMILES string of the molecule is O=C(Nc1c2c(nn1-c1ccccc1)CCC2)c1ccc(C(=O)c2ccccc2)cc1. The summed E-state index contributed by atoms with van der Waals surface area (Å²) in [5.74, 6) is 0.450. The molecule has 0 fully saturated rings. The third-order valence-corrected chi connectivity index (χ3v) is 5.59. The fourth-order valence-corrected chi connectivity index (χ4v) is 3.99. The van der Waals surface area contributed by atoms with Crippen LogP contribution in [0, 0.1) is 0 Å². The van der Waals surface area contributed by atoms with Crippen molar-refractivity contribution in [1.29, 1.82) is 0 Å². The van der Waals surface area contributed by atoms with Crippen LogP contribution in [0.15, 0.2) is 84.9 Å². The zero-order valence-corrected chi connectivity index (χ0v) is 16.9. The second kappa shape index (κ2) is 8.03. The zero-order chi connectivity index (χ0) is 21.2. The molecule has 152 valence electrons. The predicted molar refractivity (Wildman–Crippen MR) is 120 cm³/mol. The van der Waals surface area contributed by atoms with E-state index >= 15 is 0 Å². The van der Waals surface area contributed by atoms with E-state index in [1.54, 1.807) is 36.4 Å². The van der Waals surface area contributed by atoms with E-state index in [0.29, 0.717) is 16.7 Å². The number of hydrogen-bond acceptors (Lipinski definition) is 3. The van der Waals surface area contributed by atoms with Gasteiger partial charge in [-0.3, -0.25) is 9.59 Å². The van der Waals surface area contributed by atoms with Crippen molar-refractivity contribution in [3.8, 4) is 5.69 Å². The summed E-state index contributed by atoms with van der Waals surface area (Å²) in [6.45, 7) is 0. The van der Waals surface area contributed by atoms with Crippen molar-refractivity contribution < 1.29 is 9.59 Å². The Morgan fingerprint density at radius 2 is 1.35 bits per heavy atom. The fourth-order valence-electron chi connectivity index (χ4n) is 3.99. The minimum absolute atomic E-state index is 0.0625. The molecule has 5 heteroatoms. The van der Waals surface area contributed by atoms with Crippen LogP contribution in [0.5, 0.6) is 0 Å². The summed E-state index contributed by atoms with van der Waals surface area (Å²) in [6, 6.07) is 25.7. The van der Waals surface area contributed by atoms with Crippen molar-refractivity contribution in [3.05, 3.63) is 113 Å². The lowest BCUT2D eigenvalue weighted by molar-refractivity contribution is 0.101. The third kappa shape index (κ3) is 3.66. The average Bonchev–Trinajstić information content (AvgIpc) is 3.42. The Kier molecular flexibility index (Phi) is 4.92. The molecule has 1 amide bonds. The van der Waals surface area contributed by atoms with Gasteiger partial charge < -0.3 is 5.32 Å². The molecule has 0 saturated carbocycles. The lowest BCUT2D eigenvalue weighted by Crippen LogP contribution is -2.16. The van der Waals surface area contributed by atoms with E-state index in [9.17, 15) is 9.59 Å². The molecule has 0 saturated heterocycles. The van der Waals surface area contributed by atoms with E-state index in [0.717, 1.165) is 42.0 Å². The summed E-state index contributed by atoms with van der Waals surface area (Å²) in [5.41, 5.74) is 4.74. The Morgan fingerprint density at radius 1 is 0.742 bits per heavy atom. The summed E-state index contributed by atoms with van der Waals surface area (Å²) in [5, 5.41) is 7.80. The summed E-state index contributed by atoms with van der Waals surface area (Å²) >= 11 is 0. The van der Waals surface area contributed by atoms with E-state index in [-0.39, 0.29) is 11.7 Å². The smallest absolute Gasteiger partial charge is 0.256 e. The molecule has 31 heavy (non-hydrogen) atoms. The van der Waals surface area contributed by atoms with E-state index in [2.05, 4.69) is 5.32 Å². The van der Waals surface area contributed by atoms with Crippen molar-refractivity contribution >= 4 is 17.5 Å². The number of anilines is 1. The molecule has 1 heterocycles. The van der Waals surface area contributed by atoms with Crippen LogP contribution in [0.3, 0.4) is 0 Å². The van der Waals surface area contributed by atoms with Gasteiger partial charge in [-0.25, -0.2) is 4.68 Å². The first-order valence-electron chi connectivity index (χ1n) is 10.4. The van der Waals surface area contributed by atoms with E-state index in [1.807, 2.05) is 53.2 Å². The van der Waals surface area contributed by atoms with Crippen LogP contribution in [-0.2, 0) is 12.8 Å². The van der Waals surface area contributed by atoms with Gasteiger partial charge >= 0.3 is 0 Å². The van der Waals surface area contributed by atoms with Crippen LogP contribution in [0.2, 0.25) is 0 Å². The monoisotopic (exact) mass is 407 g/mol. The van der Waals surface area contributed by atoms with Crippen LogP contribution in [0.4, 0.5) is 5.82 Å². The minimum Gasteiger partial charge on any atom is -0.306 e. The maximum Gasteiger partial charge on any atom is 0.256 e. The summed E-state index contributed by atoms with van der Waals surface area (Å²) in [6.07, 6.45) is 2.88. The number of aryl methyl sites for hydroxylation is 1. The van der Waals surface area contributed by atoms with Crippen molar-refractivity contribution in [1.82, 2.24) is 9.78 Å². The molecule has 5 rings (SSSR count). The first-order valence-corrected chi connectivity index (χ1v) is 10.4. The van der Waals surface area contributed by atoms with Crippen molar-refractivity contribution in [2.45, 2.75) is 19.3 Å². The highest BCUT2D eigenvalue weighted by molar-refractivity contribution is 6.10. The Bertz CT molecular complexity index is 1240. The van der Waals surface area contributed by atoms with Crippen LogP contribution in [0.25, 0.3) is 5.69 Å². The topological polar surface area (TPSA) is 64.0 Å². The number of ketones is 1. The number of para-hydroxylation sites is 1. The molecule has 4 aromatic rings.